The minimum Gasteiger partial charge on any atom is -0.489 e. The molecule has 9 nitrogen and oxygen atoms in total. The number of carboxylic acids is 1. The van der Waals surface area contributed by atoms with Crippen LogP contribution in [-0.4, -0.2) is 62.9 Å². The third-order valence-electron chi connectivity index (χ3n) is 6.79. The first-order valence-electron chi connectivity index (χ1n) is 13.3. The number of aromatic amines is 1. The highest BCUT2D eigenvalue weighted by atomic mass is 19.4. The summed E-state index contributed by atoms with van der Waals surface area (Å²) in [6.45, 7) is 6.63. The number of hydrogen-bond donors (Lipinski definition) is 3. The zero-order chi connectivity index (χ0) is 30.3. The minimum atomic E-state index is -5.08. The fourth-order valence-corrected chi connectivity index (χ4v) is 4.87. The van der Waals surface area contributed by atoms with Crippen LogP contribution >= 0.6 is 0 Å². The monoisotopic (exact) mass is 583 g/mol. The molecule has 4 aromatic rings. The summed E-state index contributed by atoms with van der Waals surface area (Å²) in [4.78, 5) is 31.9. The number of carboxylic acid groups (broad SMARTS) is 1. The van der Waals surface area contributed by atoms with E-state index in [1.54, 1.807) is 16.8 Å². The van der Waals surface area contributed by atoms with E-state index >= 15 is 0 Å². The normalized spacial score (nSPS) is 17.2. The summed E-state index contributed by atoms with van der Waals surface area (Å²) in [6, 6.07) is 20.6. The molecule has 1 aliphatic heterocycles. The van der Waals surface area contributed by atoms with Gasteiger partial charge >= 0.3 is 12.1 Å². The van der Waals surface area contributed by atoms with Gasteiger partial charge in [-0.3, -0.25) is 9.36 Å². The zero-order valence-electron chi connectivity index (χ0n) is 23.0. The first-order valence-corrected chi connectivity index (χ1v) is 13.3. The average molecular weight is 584 g/mol. The predicted molar refractivity (Wildman–Crippen MR) is 154 cm³/mol. The van der Waals surface area contributed by atoms with Gasteiger partial charge in [0.25, 0.3) is 5.56 Å². The number of halogens is 3. The van der Waals surface area contributed by atoms with E-state index in [0.717, 1.165) is 30.8 Å². The summed E-state index contributed by atoms with van der Waals surface area (Å²) in [5.74, 6) is -0.933. The third-order valence-corrected chi connectivity index (χ3v) is 6.79. The smallest absolute Gasteiger partial charge is 0.489 e. The van der Waals surface area contributed by atoms with Crippen molar-refractivity contribution >= 4 is 23.0 Å². The van der Waals surface area contributed by atoms with E-state index in [1.165, 1.54) is 5.56 Å². The molecule has 1 fully saturated rings. The van der Waals surface area contributed by atoms with Crippen LogP contribution in [-0.2, 0) is 17.9 Å². The highest BCUT2D eigenvalue weighted by molar-refractivity contribution is 5.75. The number of aliphatic carboxylic acids is 1. The lowest BCUT2D eigenvalue weighted by atomic mass is 9.88. The number of H-pyrrole nitrogens is 1. The number of ether oxygens (including phenoxy) is 1. The van der Waals surface area contributed by atoms with Gasteiger partial charge in [-0.2, -0.15) is 13.2 Å². The molecule has 0 saturated carbocycles. The van der Waals surface area contributed by atoms with E-state index in [4.69, 9.17) is 19.6 Å². The maximum Gasteiger partial charge on any atom is 0.490 e. The van der Waals surface area contributed by atoms with Crippen molar-refractivity contribution in [3.8, 4) is 5.75 Å². The van der Waals surface area contributed by atoms with Crippen molar-refractivity contribution in [2.75, 3.05) is 25.5 Å². The molecule has 3 heterocycles. The third kappa shape index (κ3) is 7.78. The Morgan fingerprint density at radius 2 is 1.86 bits per heavy atom. The quantitative estimate of drug-likeness (QED) is 0.250. The Morgan fingerprint density at radius 3 is 2.50 bits per heavy atom. The molecule has 5 rings (SSSR count). The average Bonchev–Trinajstić information content (AvgIpc) is 3.43. The lowest BCUT2D eigenvalue weighted by molar-refractivity contribution is -0.192. The summed E-state index contributed by atoms with van der Waals surface area (Å²) in [6.07, 6.45) is -0.664. The maximum absolute atomic E-state index is 12.9. The number of allylic oxidation sites excluding steroid dienone is 1. The number of fused-ring (bicyclic) bond motifs is 1. The van der Waals surface area contributed by atoms with Crippen LogP contribution in [0.2, 0.25) is 0 Å². The zero-order valence-corrected chi connectivity index (χ0v) is 23.0. The van der Waals surface area contributed by atoms with Crippen molar-refractivity contribution in [2.24, 2.45) is 0 Å². The predicted octanol–water partition coefficient (Wildman–Crippen LogP) is 5.02. The molecule has 222 valence electrons. The van der Waals surface area contributed by atoms with Gasteiger partial charge in [0.2, 0.25) is 5.95 Å². The van der Waals surface area contributed by atoms with Crippen LogP contribution in [0.15, 0.2) is 84.3 Å². The molecule has 0 bridgehead atoms. The van der Waals surface area contributed by atoms with Crippen LogP contribution in [0.1, 0.15) is 23.5 Å². The summed E-state index contributed by atoms with van der Waals surface area (Å²) in [5, 5.41) is 10.7. The van der Waals surface area contributed by atoms with Gasteiger partial charge in [0.05, 0.1) is 5.52 Å². The summed E-state index contributed by atoms with van der Waals surface area (Å²) >= 11 is 0. The van der Waals surface area contributed by atoms with Crippen LogP contribution in [0.25, 0.3) is 11.0 Å². The number of benzene rings is 2. The van der Waals surface area contributed by atoms with E-state index in [1.807, 2.05) is 24.3 Å². The first-order chi connectivity index (χ1) is 20.0. The highest BCUT2D eigenvalue weighted by Crippen LogP contribution is 2.29. The van der Waals surface area contributed by atoms with Crippen LogP contribution in [0.4, 0.5) is 19.1 Å². The van der Waals surface area contributed by atoms with Crippen LogP contribution < -0.4 is 15.6 Å². The van der Waals surface area contributed by atoms with Gasteiger partial charge in [0.15, 0.2) is 0 Å². The Labute approximate surface area is 240 Å². The van der Waals surface area contributed by atoms with E-state index in [0.29, 0.717) is 36.1 Å². The van der Waals surface area contributed by atoms with Gasteiger partial charge in [-0.15, -0.1) is 6.58 Å². The standard InChI is InChI=1S/C28H31N5O2.C2HF3O2/c1-3-15-33-27(34)26-25(13-14-29-26)31-28(33)30-23-16-22(17-32(2)18-23)21-9-11-24(12-10-21)35-19-20-7-5-4-6-8-20;3-2(4,5)1(6)7/h3-14,22-23,29H,1,15-19H2,2H3,(H,30,31);(H,6,7)/t22-,23+;/m0./s1. The summed E-state index contributed by atoms with van der Waals surface area (Å²) < 4.78 is 39.3. The maximum atomic E-state index is 12.9. The molecule has 2 aromatic heterocycles. The summed E-state index contributed by atoms with van der Waals surface area (Å²) in [7, 11) is 2.14. The van der Waals surface area contributed by atoms with Crippen molar-refractivity contribution in [2.45, 2.75) is 37.7 Å². The lowest BCUT2D eigenvalue weighted by Gasteiger charge is -2.36. The lowest BCUT2D eigenvalue weighted by Crippen LogP contribution is -2.44. The van der Waals surface area contributed by atoms with E-state index < -0.39 is 12.1 Å². The molecule has 3 N–H and O–H groups in total. The number of hydrogen-bond acceptors (Lipinski definition) is 6. The number of carbonyl (C=O) groups is 1. The fraction of sp³-hybridized carbons (Fsp3) is 0.300. The Morgan fingerprint density at radius 1 is 1.17 bits per heavy atom. The number of anilines is 1. The molecule has 42 heavy (non-hydrogen) atoms. The molecule has 2 atom stereocenters. The van der Waals surface area contributed by atoms with Gasteiger partial charge in [0, 0.05) is 31.9 Å². The Hall–Kier alpha value is -4.58. The van der Waals surface area contributed by atoms with E-state index in [2.05, 4.69) is 65.2 Å². The molecular weight excluding hydrogens is 551 g/mol. The molecule has 0 radical (unpaired) electrons. The van der Waals surface area contributed by atoms with Crippen LogP contribution in [0, 0.1) is 0 Å². The van der Waals surface area contributed by atoms with Gasteiger partial charge in [-0.25, -0.2) is 9.78 Å². The van der Waals surface area contributed by atoms with Crippen LogP contribution in [0.5, 0.6) is 5.75 Å². The molecule has 1 aliphatic rings. The second-order valence-electron chi connectivity index (χ2n) is 10.0. The number of alkyl halides is 3. The Kier molecular flexibility index (Phi) is 9.68. The number of rotatable bonds is 8. The fourth-order valence-electron chi connectivity index (χ4n) is 4.87. The van der Waals surface area contributed by atoms with Crippen molar-refractivity contribution in [1.29, 1.82) is 0 Å². The molecule has 0 amide bonds. The molecule has 1 saturated heterocycles. The number of nitrogens with one attached hydrogen (secondary N) is 2. The van der Waals surface area contributed by atoms with E-state index in [9.17, 15) is 18.0 Å². The van der Waals surface area contributed by atoms with Crippen molar-refractivity contribution < 1.29 is 27.8 Å². The largest absolute Gasteiger partial charge is 0.490 e. The second kappa shape index (κ2) is 13.4. The van der Waals surface area contributed by atoms with Crippen molar-refractivity contribution in [3.05, 3.63) is 101 Å². The summed E-state index contributed by atoms with van der Waals surface area (Å²) in [5.41, 5.74) is 3.54. The molecular formula is C30H32F3N5O4. The van der Waals surface area contributed by atoms with Gasteiger partial charge in [0.1, 0.15) is 17.9 Å². The van der Waals surface area contributed by atoms with Crippen molar-refractivity contribution in [3.63, 3.8) is 0 Å². The highest BCUT2D eigenvalue weighted by Gasteiger charge is 2.38. The number of likely N-dealkylation sites (N-methyl/N-ethyl adjacent to an activating group) is 1. The van der Waals surface area contributed by atoms with Gasteiger partial charge in [-0.05, 0) is 48.7 Å². The molecule has 0 unspecified atom stereocenters. The first kappa shape index (κ1) is 30.4. The number of piperidine rings is 1. The topological polar surface area (TPSA) is 112 Å². The number of nitrogens with zero attached hydrogens (tertiary/aromatic N) is 3. The Bertz CT molecular complexity index is 1550. The van der Waals surface area contributed by atoms with Gasteiger partial charge < -0.3 is 25.0 Å². The number of likely N-dealkylation sites (tertiary alicyclic amines) is 1. The minimum absolute atomic E-state index is 0.0887. The second-order valence-corrected chi connectivity index (χ2v) is 10.0. The van der Waals surface area contributed by atoms with Gasteiger partial charge in [-0.1, -0.05) is 48.5 Å². The Balaban J connectivity index is 0.000000517. The SMILES string of the molecule is C=CCn1c(N[C@@H]2C[C@H](c3ccc(OCc4ccccc4)cc3)CN(C)C2)nc2cc[nH]c2c1=O.O=C(O)C(F)(F)F. The molecule has 2 aromatic carbocycles. The van der Waals surface area contributed by atoms with E-state index in [-0.39, 0.29) is 11.6 Å². The molecule has 0 aliphatic carbocycles. The molecule has 12 heteroatoms. The van der Waals surface area contributed by atoms with Crippen molar-refractivity contribution in [1.82, 2.24) is 19.4 Å². The van der Waals surface area contributed by atoms with Crippen LogP contribution in [0.3, 0.4) is 0 Å². The molecule has 0 spiro atoms. The number of aromatic nitrogens is 3.